The van der Waals surface area contributed by atoms with Gasteiger partial charge < -0.3 is 20.3 Å². The lowest BCUT2D eigenvalue weighted by Crippen LogP contribution is -2.46. The maximum absolute atomic E-state index is 5.92. The number of nitrogens with one attached hydrogen (secondary N) is 2. The van der Waals surface area contributed by atoms with Crippen LogP contribution in [0.4, 0.5) is 0 Å². The van der Waals surface area contributed by atoms with Gasteiger partial charge >= 0.3 is 0 Å². The van der Waals surface area contributed by atoms with Crippen LogP contribution in [0.1, 0.15) is 59.3 Å². The Hall–Kier alpha value is -0.120. The van der Waals surface area contributed by atoms with Crippen molar-refractivity contribution in [3.8, 4) is 0 Å². The van der Waals surface area contributed by atoms with Crippen LogP contribution in [0.15, 0.2) is 4.99 Å². The Morgan fingerprint density at radius 2 is 1.83 bits per heavy atom. The van der Waals surface area contributed by atoms with Crippen LogP contribution in [0.5, 0.6) is 0 Å². The van der Waals surface area contributed by atoms with E-state index in [9.17, 15) is 0 Å². The minimum absolute atomic E-state index is 0. The van der Waals surface area contributed by atoms with E-state index in [1.54, 1.807) is 0 Å². The standard InChI is InChI=1S/C22H45N5O.HI/c1-4-23-22(24-11-7-5-8-12-26-13-9-6-10-14-26)25-17-21-19-27(15-16-28-21)18-20(2)3;/h20-21H,4-19H2,1-3H3,(H2,23,24,25);1H. The van der Waals surface area contributed by atoms with Crippen molar-refractivity contribution in [2.24, 2.45) is 10.9 Å². The molecule has 6 nitrogen and oxygen atoms in total. The zero-order chi connectivity index (χ0) is 20.0. The number of hydrogen-bond acceptors (Lipinski definition) is 4. The molecule has 172 valence electrons. The second-order valence-electron chi connectivity index (χ2n) is 8.76. The number of rotatable bonds is 11. The first-order valence-corrected chi connectivity index (χ1v) is 11.8. The van der Waals surface area contributed by atoms with E-state index in [1.165, 1.54) is 58.2 Å². The van der Waals surface area contributed by atoms with Gasteiger partial charge in [0, 0.05) is 32.7 Å². The van der Waals surface area contributed by atoms with Crippen molar-refractivity contribution in [3.05, 3.63) is 0 Å². The molecule has 7 heteroatoms. The largest absolute Gasteiger partial charge is 0.374 e. The third kappa shape index (κ3) is 12.4. The number of halogens is 1. The first-order chi connectivity index (χ1) is 13.7. The Morgan fingerprint density at radius 1 is 1.03 bits per heavy atom. The van der Waals surface area contributed by atoms with Crippen LogP contribution < -0.4 is 10.6 Å². The van der Waals surface area contributed by atoms with E-state index in [-0.39, 0.29) is 30.1 Å². The number of likely N-dealkylation sites (tertiary alicyclic amines) is 1. The molecule has 0 spiro atoms. The van der Waals surface area contributed by atoms with Gasteiger partial charge in [-0.05, 0) is 58.2 Å². The first-order valence-electron chi connectivity index (χ1n) is 11.8. The summed E-state index contributed by atoms with van der Waals surface area (Å²) in [6, 6.07) is 0. The molecule has 0 aromatic rings. The van der Waals surface area contributed by atoms with E-state index in [4.69, 9.17) is 9.73 Å². The number of aliphatic imine (C=N–C) groups is 1. The first kappa shape index (κ1) is 26.9. The van der Waals surface area contributed by atoms with Crippen LogP contribution >= 0.6 is 24.0 Å². The van der Waals surface area contributed by atoms with E-state index in [0.717, 1.165) is 51.8 Å². The monoisotopic (exact) mass is 523 g/mol. The second kappa shape index (κ2) is 16.6. The molecule has 2 rings (SSSR count). The van der Waals surface area contributed by atoms with Gasteiger partial charge in [0.25, 0.3) is 0 Å². The Balaban J connectivity index is 0.00000420. The van der Waals surface area contributed by atoms with Gasteiger partial charge in [0.05, 0.1) is 19.3 Å². The van der Waals surface area contributed by atoms with Crippen LogP contribution in [-0.2, 0) is 4.74 Å². The molecule has 2 heterocycles. The number of ether oxygens (including phenoxy) is 1. The average molecular weight is 524 g/mol. The Kier molecular flexibility index (Phi) is 15.4. The van der Waals surface area contributed by atoms with E-state index < -0.39 is 0 Å². The summed E-state index contributed by atoms with van der Waals surface area (Å²) in [6.07, 6.45) is 8.24. The zero-order valence-corrected chi connectivity index (χ0v) is 21.5. The third-order valence-corrected chi connectivity index (χ3v) is 5.54. The average Bonchev–Trinajstić information content (AvgIpc) is 2.69. The number of guanidine groups is 1. The highest BCUT2D eigenvalue weighted by atomic mass is 127. The molecule has 0 bridgehead atoms. The highest BCUT2D eigenvalue weighted by Gasteiger charge is 2.20. The fraction of sp³-hybridized carbons (Fsp3) is 0.955. The lowest BCUT2D eigenvalue weighted by molar-refractivity contribution is -0.0261. The molecular formula is C22H46IN5O. The molecular weight excluding hydrogens is 477 g/mol. The molecule has 0 aliphatic carbocycles. The highest BCUT2D eigenvalue weighted by Crippen LogP contribution is 2.10. The van der Waals surface area contributed by atoms with Gasteiger partial charge in [-0.1, -0.05) is 26.7 Å². The number of unbranched alkanes of at least 4 members (excludes halogenated alkanes) is 2. The van der Waals surface area contributed by atoms with E-state index in [0.29, 0.717) is 5.92 Å². The van der Waals surface area contributed by atoms with Crippen molar-refractivity contribution < 1.29 is 4.74 Å². The van der Waals surface area contributed by atoms with Gasteiger partial charge in [-0.25, -0.2) is 0 Å². The maximum atomic E-state index is 5.92. The zero-order valence-electron chi connectivity index (χ0n) is 19.1. The lowest BCUT2D eigenvalue weighted by Gasteiger charge is -2.33. The van der Waals surface area contributed by atoms with Crippen LogP contribution in [-0.4, -0.2) is 87.4 Å². The second-order valence-corrected chi connectivity index (χ2v) is 8.76. The molecule has 2 N–H and O–H groups in total. The number of nitrogens with zero attached hydrogens (tertiary/aromatic N) is 3. The van der Waals surface area contributed by atoms with Gasteiger partial charge in [0.15, 0.2) is 5.96 Å². The summed E-state index contributed by atoms with van der Waals surface area (Å²) in [6.45, 7) is 17.2. The summed E-state index contributed by atoms with van der Waals surface area (Å²) in [5, 5.41) is 6.87. The van der Waals surface area contributed by atoms with Crippen molar-refractivity contribution in [1.29, 1.82) is 0 Å². The lowest BCUT2D eigenvalue weighted by atomic mass is 10.1. The van der Waals surface area contributed by atoms with E-state index in [2.05, 4.69) is 41.2 Å². The van der Waals surface area contributed by atoms with Gasteiger partial charge in [-0.15, -0.1) is 24.0 Å². The Labute approximate surface area is 196 Å². The summed E-state index contributed by atoms with van der Waals surface area (Å²) in [7, 11) is 0. The van der Waals surface area contributed by atoms with Crippen LogP contribution in [0, 0.1) is 5.92 Å². The molecule has 2 aliphatic heterocycles. The summed E-state index contributed by atoms with van der Waals surface area (Å²) in [5.41, 5.74) is 0. The molecule has 0 saturated carbocycles. The number of piperidine rings is 1. The predicted molar refractivity (Wildman–Crippen MR) is 135 cm³/mol. The molecule has 2 aliphatic rings. The van der Waals surface area contributed by atoms with Gasteiger partial charge in [-0.3, -0.25) is 9.89 Å². The molecule has 1 unspecified atom stereocenters. The fourth-order valence-corrected chi connectivity index (χ4v) is 4.13. The normalized spacial score (nSPS) is 21.8. The van der Waals surface area contributed by atoms with E-state index >= 15 is 0 Å². The SMILES string of the molecule is CCNC(=NCC1CN(CC(C)C)CCO1)NCCCCCN1CCCCC1.I. The molecule has 0 radical (unpaired) electrons. The van der Waals surface area contributed by atoms with Crippen molar-refractivity contribution in [3.63, 3.8) is 0 Å². The summed E-state index contributed by atoms with van der Waals surface area (Å²) < 4.78 is 5.92. The van der Waals surface area contributed by atoms with Crippen molar-refractivity contribution in [2.45, 2.75) is 65.4 Å². The van der Waals surface area contributed by atoms with E-state index in [1.807, 2.05) is 0 Å². The van der Waals surface area contributed by atoms with Crippen LogP contribution in [0.3, 0.4) is 0 Å². The molecule has 0 amide bonds. The quantitative estimate of drug-likeness (QED) is 0.189. The molecule has 1 atom stereocenters. The van der Waals surface area contributed by atoms with Gasteiger partial charge in [0.2, 0.25) is 0 Å². The third-order valence-electron chi connectivity index (χ3n) is 5.54. The minimum Gasteiger partial charge on any atom is -0.374 e. The summed E-state index contributed by atoms with van der Waals surface area (Å²) in [4.78, 5) is 9.92. The number of morpholine rings is 1. The Bertz CT molecular complexity index is 429. The Morgan fingerprint density at radius 3 is 2.55 bits per heavy atom. The molecule has 2 fully saturated rings. The van der Waals surface area contributed by atoms with Crippen molar-refractivity contribution >= 4 is 29.9 Å². The molecule has 0 aromatic carbocycles. The van der Waals surface area contributed by atoms with Gasteiger partial charge in [-0.2, -0.15) is 0 Å². The molecule has 2 saturated heterocycles. The maximum Gasteiger partial charge on any atom is 0.191 e. The van der Waals surface area contributed by atoms with Gasteiger partial charge in [0.1, 0.15) is 0 Å². The predicted octanol–water partition coefficient (Wildman–Crippen LogP) is 3.17. The topological polar surface area (TPSA) is 52.1 Å². The van der Waals surface area contributed by atoms with Crippen molar-refractivity contribution in [1.82, 2.24) is 20.4 Å². The molecule has 29 heavy (non-hydrogen) atoms. The highest BCUT2D eigenvalue weighted by molar-refractivity contribution is 14.0. The van der Waals surface area contributed by atoms with Crippen LogP contribution in [0.2, 0.25) is 0 Å². The smallest absolute Gasteiger partial charge is 0.191 e. The number of hydrogen-bond donors (Lipinski definition) is 2. The molecule has 0 aromatic heterocycles. The summed E-state index contributed by atoms with van der Waals surface area (Å²) >= 11 is 0. The van der Waals surface area contributed by atoms with Crippen molar-refractivity contribution in [2.75, 3.05) is 65.5 Å². The van der Waals surface area contributed by atoms with Crippen LogP contribution in [0.25, 0.3) is 0 Å². The fourth-order valence-electron chi connectivity index (χ4n) is 4.13. The minimum atomic E-state index is 0. The summed E-state index contributed by atoms with van der Waals surface area (Å²) in [5.74, 6) is 1.64.